The second-order valence-electron chi connectivity index (χ2n) is 5.18. The molecule has 2 nitrogen and oxygen atoms in total. The molecule has 0 aromatic heterocycles. The molecule has 0 radical (unpaired) electrons. The van der Waals surface area contributed by atoms with Gasteiger partial charge >= 0.3 is 0 Å². The van der Waals surface area contributed by atoms with E-state index in [0.717, 1.165) is 19.6 Å². The molecule has 0 heterocycles. The summed E-state index contributed by atoms with van der Waals surface area (Å²) >= 11 is 0. The van der Waals surface area contributed by atoms with Crippen LogP contribution in [0.5, 0.6) is 0 Å². The fourth-order valence-corrected chi connectivity index (χ4v) is 2.02. The molecule has 0 spiro atoms. The van der Waals surface area contributed by atoms with Crippen LogP contribution >= 0.6 is 0 Å². The maximum Gasteiger partial charge on any atom is 0.0665 e. The zero-order chi connectivity index (χ0) is 13.5. The number of rotatable bonds is 7. The average Bonchev–Trinajstić information content (AvgIpc) is 2.33. The fraction of sp³-hybridized carbons (Fsp3) is 0.625. The molecule has 1 rings (SSSR count). The van der Waals surface area contributed by atoms with Crippen LogP contribution in [-0.2, 0) is 4.74 Å². The summed E-state index contributed by atoms with van der Waals surface area (Å²) in [7, 11) is 0. The molecule has 0 amide bonds. The lowest BCUT2D eigenvalue weighted by Crippen LogP contribution is -2.28. The van der Waals surface area contributed by atoms with Gasteiger partial charge in [-0.15, -0.1) is 0 Å². The van der Waals surface area contributed by atoms with Crippen molar-refractivity contribution in [1.82, 2.24) is 5.32 Å². The third kappa shape index (κ3) is 4.43. The molecule has 0 saturated carbocycles. The Labute approximate surface area is 112 Å². The molecule has 0 aliphatic rings. The molecule has 2 heteroatoms. The van der Waals surface area contributed by atoms with Crippen LogP contribution in [0.2, 0.25) is 0 Å². The van der Waals surface area contributed by atoms with E-state index in [0.29, 0.717) is 6.04 Å². The summed E-state index contributed by atoms with van der Waals surface area (Å²) in [4.78, 5) is 0. The van der Waals surface area contributed by atoms with Crippen molar-refractivity contribution in [2.24, 2.45) is 0 Å². The van der Waals surface area contributed by atoms with E-state index in [1.54, 1.807) is 0 Å². The minimum Gasteiger partial charge on any atom is -0.377 e. The van der Waals surface area contributed by atoms with Gasteiger partial charge in [0.05, 0.1) is 18.8 Å². The second kappa shape index (κ2) is 7.55. The fourth-order valence-electron chi connectivity index (χ4n) is 2.02. The molecule has 1 unspecified atom stereocenters. The Hall–Kier alpha value is -0.860. The summed E-state index contributed by atoms with van der Waals surface area (Å²) in [5.41, 5.74) is 4.09. The lowest BCUT2D eigenvalue weighted by Gasteiger charge is -2.23. The van der Waals surface area contributed by atoms with E-state index in [2.05, 4.69) is 58.1 Å². The van der Waals surface area contributed by atoms with Gasteiger partial charge < -0.3 is 10.1 Å². The highest BCUT2D eigenvalue weighted by Gasteiger charge is 2.14. The highest BCUT2D eigenvalue weighted by molar-refractivity contribution is 5.35. The lowest BCUT2D eigenvalue weighted by atomic mass is 9.97. The van der Waals surface area contributed by atoms with Gasteiger partial charge in [-0.2, -0.15) is 0 Å². The Balaban J connectivity index is 2.83. The Morgan fingerprint density at radius 3 is 2.56 bits per heavy atom. The van der Waals surface area contributed by atoms with Crippen molar-refractivity contribution >= 4 is 0 Å². The summed E-state index contributed by atoms with van der Waals surface area (Å²) in [6.45, 7) is 12.5. The van der Waals surface area contributed by atoms with E-state index in [-0.39, 0.29) is 6.10 Å². The molecule has 1 aromatic rings. The Kier molecular flexibility index (Phi) is 6.37. The highest BCUT2D eigenvalue weighted by Crippen LogP contribution is 2.21. The molecule has 1 atom stereocenters. The van der Waals surface area contributed by atoms with Gasteiger partial charge in [-0.1, -0.05) is 25.1 Å². The summed E-state index contributed by atoms with van der Waals surface area (Å²) < 4.78 is 5.79. The summed E-state index contributed by atoms with van der Waals surface area (Å²) in [5, 5.41) is 3.58. The average molecular weight is 249 g/mol. The monoisotopic (exact) mass is 249 g/mol. The SMILES string of the molecule is CCCNC(COC(C)C)c1cccc(C)c1C. The van der Waals surface area contributed by atoms with Gasteiger partial charge in [0.2, 0.25) is 0 Å². The lowest BCUT2D eigenvalue weighted by molar-refractivity contribution is 0.0610. The summed E-state index contributed by atoms with van der Waals surface area (Å²) in [6.07, 6.45) is 1.42. The number of hydrogen-bond acceptors (Lipinski definition) is 2. The number of nitrogens with one attached hydrogen (secondary N) is 1. The van der Waals surface area contributed by atoms with Gasteiger partial charge in [0.1, 0.15) is 0 Å². The quantitative estimate of drug-likeness (QED) is 0.794. The van der Waals surface area contributed by atoms with Crippen LogP contribution in [0.15, 0.2) is 18.2 Å². The van der Waals surface area contributed by atoms with Gasteiger partial charge in [0, 0.05) is 0 Å². The van der Waals surface area contributed by atoms with Crippen molar-refractivity contribution in [3.05, 3.63) is 34.9 Å². The van der Waals surface area contributed by atoms with Crippen molar-refractivity contribution < 1.29 is 4.74 Å². The third-order valence-corrected chi connectivity index (χ3v) is 3.26. The minimum atomic E-state index is 0.279. The first-order valence-corrected chi connectivity index (χ1v) is 6.97. The first-order chi connectivity index (χ1) is 8.56. The number of aryl methyl sites for hydroxylation is 1. The maximum atomic E-state index is 5.79. The number of ether oxygens (including phenoxy) is 1. The number of benzene rings is 1. The van der Waals surface area contributed by atoms with E-state index in [9.17, 15) is 0 Å². The van der Waals surface area contributed by atoms with Crippen molar-refractivity contribution in [3.63, 3.8) is 0 Å². The first-order valence-electron chi connectivity index (χ1n) is 6.97. The summed E-state index contributed by atoms with van der Waals surface area (Å²) in [6, 6.07) is 6.80. The summed E-state index contributed by atoms with van der Waals surface area (Å²) in [5.74, 6) is 0. The Bertz CT molecular complexity index is 360. The van der Waals surface area contributed by atoms with Crippen LogP contribution in [-0.4, -0.2) is 19.3 Å². The zero-order valence-corrected chi connectivity index (χ0v) is 12.4. The Morgan fingerprint density at radius 1 is 1.22 bits per heavy atom. The molecule has 18 heavy (non-hydrogen) atoms. The van der Waals surface area contributed by atoms with Crippen LogP contribution in [0.1, 0.15) is 49.9 Å². The van der Waals surface area contributed by atoms with Crippen molar-refractivity contribution in [1.29, 1.82) is 0 Å². The Morgan fingerprint density at radius 2 is 1.94 bits per heavy atom. The number of hydrogen-bond donors (Lipinski definition) is 1. The van der Waals surface area contributed by atoms with Gasteiger partial charge in [0.15, 0.2) is 0 Å². The van der Waals surface area contributed by atoms with Crippen molar-refractivity contribution in [2.75, 3.05) is 13.2 Å². The smallest absolute Gasteiger partial charge is 0.0665 e. The van der Waals surface area contributed by atoms with E-state index < -0.39 is 0 Å². The van der Waals surface area contributed by atoms with Crippen molar-refractivity contribution in [2.45, 2.75) is 53.2 Å². The third-order valence-electron chi connectivity index (χ3n) is 3.26. The van der Waals surface area contributed by atoms with Gasteiger partial charge in [0.25, 0.3) is 0 Å². The molecule has 0 aliphatic carbocycles. The molecular formula is C16H27NO. The molecule has 102 valence electrons. The first kappa shape index (κ1) is 15.2. The van der Waals surface area contributed by atoms with Crippen LogP contribution < -0.4 is 5.32 Å². The molecule has 0 bridgehead atoms. The van der Waals surface area contributed by atoms with E-state index in [1.165, 1.54) is 16.7 Å². The van der Waals surface area contributed by atoms with Crippen molar-refractivity contribution in [3.8, 4) is 0 Å². The van der Waals surface area contributed by atoms with Crippen LogP contribution in [0.4, 0.5) is 0 Å². The van der Waals surface area contributed by atoms with Gasteiger partial charge in [-0.05, 0) is 57.4 Å². The van der Waals surface area contributed by atoms with Crippen LogP contribution in [0, 0.1) is 13.8 Å². The standard InChI is InChI=1S/C16H27NO/c1-6-10-17-16(11-18-12(2)3)15-9-7-8-13(4)14(15)5/h7-9,12,16-17H,6,10-11H2,1-5H3. The van der Waals surface area contributed by atoms with Gasteiger partial charge in [-0.25, -0.2) is 0 Å². The van der Waals surface area contributed by atoms with E-state index >= 15 is 0 Å². The maximum absolute atomic E-state index is 5.79. The molecule has 1 N–H and O–H groups in total. The van der Waals surface area contributed by atoms with Crippen LogP contribution in [0.3, 0.4) is 0 Å². The predicted octanol–water partition coefficient (Wildman–Crippen LogP) is 3.77. The molecule has 0 saturated heterocycles. The van der Waals surface area contributed by atoms with Crippen LogP contribution in [0.25, 0.3) is 0 Å². The molecule has 0 fully saturated rings. The normalized spacial score (nSPS) is 13.0. The largest absolute Gasteiger partial charge is 0.377 e. The second-order valence-corrected chi connectivity index (χ2v) is 5.18. The van der Waals surface area contributed by atoms with E-state index in [1.807, 2.05) is 0 Å². The molecule has 1 aromatic carbocycles. The minimum absolute atomic E-state index is 0.279. The topological polar surface area (TPSA) is 21.3 Å². The van der Waals surface area contributed by atoms with E-state index in [4.69, 9.17) is 4.74 Å². The molecule has 0 aliphatic heterocycles. The highest BCUT2D eigenvalue weighted by atomic mass is 16.5. The van der Waals surface area contributed by atoms with Gasteiger partial charge in [-0.3, -0.25) is 0 Å². The molecular weight excluding hydrogens is 222 g/mol. The zero-order valence-electron chi connectivity index (χ0n) is 12.4. The predicted molar refractivity (Wildman–Crippen MR) is 78.0 cm³/mol.